The van der Waals surface area contributed by atoms with Crippen LogP contribution in [-0.2, 0) is 19.8 Å². The van der Waals surface area contributed by atoms with Crippen molar-refractivity contribution in [3.05, 3.63) is 63.6 Å². The molecule has 0 bridgehead atoms. The Bertz CT molecular complexity index is 1040. The zero-order chi connectivity index (χ0) is 18.9. The molecule has 0 saturated heterocycles. The lowest BCUT2D eigenvalue weighted by Crippen LogP contribution is -2.11. The number of nitrogens with zero attached hydrogens (tertiary/aromatic N) is 1. The van der Waals surface area contributed by atoms with Crippen LogP contribution in [0.2, 0.25) is 0 Å². The van der Waals surface area contributed by atoms with Gasteiger partial charge in [-0.2, -0.15) is 8.42 Å². The largest absolute Gasteiger partial charge is 0.378 e. The van der Waals surface area contributed by atoms with Crippen LogP contribution in [0.25, 0.3) is 6.08 Å². The second-order valence-corrected chi connectivity index (χ2v) is 8.11. The summed E-state index contributed by atoms with van der Waals surface area (Å²) in [6.07, 6.45) is 1.49. The Labute approximate surface area is 159 Å². The maximum absolute atomic E-state index is 12.5. The Kier molecular flexibility index (Phi) is 4.97. The van der Waals surface area contributed by atoms with Gasteiger partial charge in [0.05, 0.1) is 11.3 Å². The molecule has 2 aromatic carbocycles. The number of benzene rings is 2. The molecule has 1 aliphatic heterocycles. The molecule has 134 valence electrons. The molecule has 3 rings (SSSR count). The van der Waals surface area contributed by atoms with Gasteiger partial charge < -0.3 is 9.02 Å². The monoisotopic (exact) mass is 435 g/mol. The van der Waals surface area contributed by atoms with E-state index in [2.05, 4.69) is 25.9 Å². The first kappa shape index (κ1) is 18.3. The Morgan fingerprint density at radius 1 is 1.12 bits per heavy atom. The Hall–Kier alpha value is -2.45. The molecule has 0 amide bonds. The summed E-state index contributed by atoms with van der Waals surface area (Å²) in [5.74, 6) is -0.511. The second kappa shape index (κ2) is 7.05. The van der Waals surface area contributed by atoms with Gasteiger partial charge in [0.2, 0.25) is 0 Å². The van der Waals surface area contributed by atoms with Crippen LogP contribution in [0.1, 0.15) is 18.1 Å². The molecule has 0 atom stereocenters. The number of carbonyl (C=O) groups is 1. The highest BCUT2D eigenvalue weighted by Gasteiger charge is 2.24. The fourth-order valence-corrected chi connectivity index (χ4v) is 3.59. The summed E-state index contributed by atoms with van der Waals surface area (Å²) in [7, 11) is -4.02. The molecule has 8 heteroatoms. The van der Waals surface area contributed by atoms with Gasteiger partial charge in [0.25, 0.3) is 0 Å². The van der Waals surface area contributed by atoms with E-state index in [0.717, 1.165) is 5.56 Å². The Morgan fingerprint density at radius 2 is 1.81 bits per heavy atom. The average Bonchev–Trinajstić information content (AvgIpc) is 2.89. The Balaban J connectivity index is 2.01. The van der Waals surface area contributed by atoms with Gasteiger partial charge in [-0.3, -0.25) is 0 Å². The SMILES string of the molecule is CC1=NOC(=O)/C1=C/c1cc(Br)ccc1OS(=O)(=O)c1ccc(C)cc1. The fraction of sp³-hybridized carbons (Fsp3) is 0.111. The third kappa shape index (κ3) is 3.86. The molecule has 6 nitrogen and oxygen atoms in total. The zero-order valence-corrected chi connectivity index (χ0v) is 16.3. The second-order valence-electron chi connectivity index (χ2n) is 5.65. The van der Waals surface area contributed by atoms with Crippen molar-refractivity contribution in [3.63, 3.8) is 0 Å². The van der Waals surface area contributed by atoms with Gasteiger partial charge in [0.15, 0.2) is 0 Å². The summed E-state index contributed by atoms with van der Waals surface area (Å²) in [4.78, 5) is 16.4. The smallest absolute Gasteiger partial charge is 0.367 e. The van der Waals surface area contributed by atoms with Gasteiger partial charge in [-0.1, -0.05) is 38.8 Å². The van der Waals surface area contributed by atoms with E-state index in [9.17, 15) is 13.2 Å². The molecule has 0 fully saturated rings. The van der Waals surface area contributed by atoms with Crippen LogP contribution in [0.15, 0.2) is 62.6 Å². The van der Waals surface area contributed by atoms with Crippen LogP contribution in [0.3, 0.4) is 0 Å². The number of rotatable bonds is 4. The molecular formula is C18H14BrNO5S. The predicted octanol–water partition coefficient (Wildman–Crippen LogP) is 3.84. The number of carbonyl (C=O) groups excluding carboxylic acids is 1. The van der Waals surface area contributed by atoms with E-state index in [-0.39, 0.29) is 16.2 Å². The van der Waals surface area contributed by atoms with Crippen molar-refractivity contribution in [2.24, 2.45) is 5.16 Å². The first-order valence-electron chi connectivity index (χ1n) is 7.55. The maximum Gasteiger partial charge on any atom is 0.367 e. The number of hydrogen-bond donors (Lipinski definition) is 0. The number of hydrogen-bond acceptors (Lipinski definition) is 6. The molecule has 0 saturated carbocycles. The van der Waals surface area contributed by atoms with Gasteiger partial charge in [0.1, 0.15) is 10.6 Å². The maximum atomic E-state index is 12.5. The minimum atomic E-state index is -4.02. The molecule has 2 aromatic rings. The average molecular weight is 436 g/mol. The van der Waals surface area contributed by atoms with Crippen molar-refractivity contribution < 1.29 is 22.2 Å². The topological polar surface area (TPSA) is 82.0 Å². The highest BCUT2D eigenvalue weighted by Crippen LogP contribution is 2.29. The Morgan fingerprint density at radius 3 is 2.42 bits per heavy atom. The van der Waals surface area contributed by atoms with Crippen LogP contribution >= 0.6 is 15.9 Å². The molecule has 0 unspecified atom stereocenters. The molecule has 1 heterocycles. The van der Waals surface area contributed by atoms with Gasteiger partial charge >= 0.3 is 16.1 Å². The number of halogens is 1. The molecule has 0 N–H and O–H groups in total. The molecule has 0 spiro atoms. The van der Waals surface area contributed by atoms with Gasteiger partial charge in [-0.15, -0.1) is 0 Å². The van der Waals surface area contributed by atoms with Crippen LogP contribution in [0.5, 0.6) is 5.75 Å². The third-order valence-corrected chi connectivity index (χ3v) is 5.40. The summed E-state index contributed by atoms with van der Waals surface area (Å²) in [5, 5.41) is 3.61. The first-order chi connectivity index (χ1) is 12.3. The van der Waals surface area contributed by atoms with E-state index < -0.39 is 16.1 Å². The van der Waals surface area contributed by atoms with E-state index in [0.29, 0.717) is 15.7 Å². The minimum Gasteiger partial charge on any atom is -0.378 e. The van der Waals surface area contributed by atoms with E-state index in [1.807, 2.05) is 6.92 Å². The van der Waals surface area contributed by atoms with Crippen molar-refractivity contribution >= 4 is 43.8 Å². The number of oxime groups is 1. The molecule has 26 heavy (non-hydrogen) atoms. The van der Waals surface area contributed by atoms with Gasteiger partial charge in [-0.25, -0.2) is 4.79 Å². The van der Waals surface area contributed by atoms with Crippen molar-refractivity contribution in [1.82, 2.24) is 0 Å². The van der Waals surface area contributed by atoms with Gasteiger partial charge in [-0.05, 0) is 50.3 Å². The lowest BCUT2D eigenvalue weighted by molar-refractivity contribution is -0.136. The lowest BCUT2D eigenvalue weighted by Gasteiger charge is -2.10. The van der Waals surface area contributed by atoms with Crippen LogP contribution < -0.4 is 4.18 Å². The van der Waals surface area contributed by atoms with Crippen molar-refractivity contribution in [2.75, 3.05) is 0 Å². The number of aryl methyl sites for hydroxylation is 1. The quantitative estimate of drug-likeness (QED) is 0.413. The summed E-state index contributed by atoms with van der Waals surface area (Å²) >= 11 is 3.33. The summed E-state index contributed by atoms with van der Waals surface area (Å²) in [6.45, 7) is 3.49. The molecule has 0 radical (unpaired) electrons. The van der Waals surface area contributed by atoms with E-state index in [1.165, 1.54) is 24.3 Å². The summed E-state index contributed by atoms with van der Waals surface area (Å²) < 4.78 is 31.1. The van der Waals surface area contributed by atoms with Crippen molar-refractivity contribution in [1.29, 1.82) is 0 Å². The highest BCUT2D eigenvalue weighted by molar-refractivity contribution is 9.10. The van der Waals surface area contributed by atoms with Crippen molar-refractivity contribution in [3.8, 4) is 5.75 Å². The summed E-state index contributed by atoms with van der Waals surface area (Å²) in [6, 6.07) is 11.1. The molecular weight excluding hydrogens is 422 g/mol. The fourth-order valence-electron chi connectivity index (χ4n) is 2.25. The molecule has 0 aromatic heterocycles. The van der Waals surface area contributed by atoms with E-state index in [1.54, 1.807) is 31.2 Å². The van der Waals surface area contributed by atoms with E-state index >= 15 is 0 Å². The predicted molar refractivity (Wildman–Crippen MR) is 100 cm³/mol. The van der Waals surface area contributed by atoms with Crippen LogP contribution in [-0.4, -0.2) is 20.1 Å². The van der Waals surface area contributed by atoms with Crippen LogP contribution in [0.4, 0.5) is 0 Å². The molecule has 1 aliphatic rings. The zero-order valence-electron chi connectivity index (χ0n) is 13.9. The minimum absolute atomic E-state index is 0.0441. The lowest BCUT2D eigenvalue weighted by atomic mass is 10.1. The summed E-state index contributed by atoms with van der Waals surface area (Å²) in [5.41, 5.74) is 1.98. The normalized spacial score (nSPS) is 15.7. The van der Waals surface area contributed by atoms with E-state index in [4.69, 9.17) is 4.18 Å². The van der Waals surface area contributed by atoms with Crippen LogP contribution in [0, 0.1) is 6.92 Å². The molecule has 0 aliphatic carbocycles. The highest BCUT2D eigenvalue weighted by atomic mass is 79.9. The van der Waals surface area contributed by atoms with Crippen molar-refractivity contribution in [2.45, 2.75) is 18.7 Å². The van der Waals surface area contributed by atoms with Gasteiger partial charge in [0, 0.05) is 10.0 Å². The first-order valence-corrected chi connectivity index (χ1v) is 9.75. The third-order valence-electron chi connectivity index (χ3n) is 3.66. The standard InChI is InChI=1S/C18H14BrNO5S/c1-11-3-6-15(7-4-11)26(22,23)25-17-8-5-14(19)9-13(17)10-16-12(2)20-24-18(16)21/h3-10H,1-2H3/b16-10+.